The topological polar surface area (TPSA) is 63.2 Å². The Hall–Kier alpha value is -3.12. The fourth-order valence-electron chi connectivity index (χ4n) is 2.39. The summed E-state index contributed by atoms with van der Waals surface area (Å²) in [5.74, 6) is 0.712. The monoisotopic (exact) mass is 379 g/mol. The molecule has 6 heteroatoms. The molecule has 1 amide bonds. The first-order valence-electron chi connectivity index (χ1n) is 8.47. The van der Waals surface area contributed by atoms with Gasteiger partial charge < -0.3 is 15.4 Å². The summed E-state index contributed by atoms with van der Waals surface area (Å²) in [6.45, 7) is 7.77. The molecule has 0 aliphatic rings. The summed E-state index contributed by atoms with van der Waals surface area (Å²) in [6.07, 6.45) is 0. The molecule has 0 radical (unpaired) electrons. The van der Waals surface area contributed by atoms with Gasteiger partial charge in [-0.05, 0) is 55.0 Å². The third-order valence-electron chi connectivity index (χ3n) is 3.57. The molecule has 3 rings (SSSR count). The minimum atomic E-state index is -0.0978. The Bertz CT molecular complexity index is 948. The average molecular weight is 379 g/mol. The van der Waals surface area contributed by atoms with Crippen LogP contribution in [0, 0.1) is 0 Å². The second kappa shape index (κ2) is 8.51. The minimum absolute atomic E-state index is 0.0978. The summed E-state index contributed by atoms with van der Waals surface area (Å²) in [4.78, 5) is 15.8. The number of hydrogen-bond acceptors (Lipinski definition) is 5. The second-order valence-corrected chi connectivity index (χ2v) is 7.05. The fraction of sp³-hybridized carbons (Fsp3) is 0.143. The van der Waals surface area contributed by atoms with Gasteiger partial charge in [0, 0.05) is 29.2 Å². The van der Waals surface area contributed by atoms with E-state index in [-0.39, 0.29) is 5.91 Å². The van der Waals surface area contributed by atoms with Crippen molar-refractivity contribution in [3.63, 3.8) is 0 Å². The van der Waals surface area contributed by atoms with Crippen LogP contribution < -0.4 is 15.4 Å². The Morgan fingerprint density at radius 3 is 2.59 bits per heavy atom. The van der Waals surface area contributed by atoms with Crippen LogP contribution in [0.4, 0.5) is 16.5 Å². The number of ether oxygens (including phenoxy) is 1. The van der Waals surface area contributed by atoms with Crippen LogP contribution in [-0.4, -0.2) is 17.5 Å². The molecule has 0 aliphatic heterocycles. The third kappa shape index (κ3) is 5.43. The van der Waals surface area contributed by atoms with Crippen molar-refractivity contribution in [3.05, 3.63) is 66.1 Å². The molecule has 1 aromatic heterocycles. The maximum atomic E-state index is 11.2. The zero-order valence-electron chi connectivity index (χ0n) is 15.3. The van der Waals surface area contributed by atoms with Crippen LogP contribution in [0.25, 0.3) is 11.3 Å². The number of thiazole rings is 1. The van der Waals surface area contributed by atoms with Crippen LogP contribution in [-0.2, 0) is 4.79 Å². The van der Waals surface area contributed by atoms with E-state index < -0.39 is 0 Å². The number of benzene rings is 2. The zero-order chi connectivity index (χ0) is 19.2. The van der Waals surface area contributed by atoms with E-state index in [9.17, 15) is 4.79 Å². The highest BCUT2D eigenvalue weighted by atomic mass is 32.1. The lowest BCUT2D eigenvalue weighted by molar-refractivity contribution is -0.114. The maximum Gasteiger partial charge on any atom is 0.221 e. The van der Waals surface area contributed by atoms with Crippen LogP contribution in [0.3, 0.4) is 0 Å². The van der Waals surface area contributed by atoms with E-state index >= 15 is 0 Å². The summed E-state index contributed by atoms with van der Waals surface area (Å²) < 4.78 is 5.62. The van der Waals surface area contributed by atoms with Crippen LogP contribution in [0.1, 0.15) is 13.8 Å². The van der Waals surface area contributed by atoms with Crippen molar-refractivity contribution in [2.75, 3.05) is 17.2 Å². The number of nitrogens with one attached hydrogen (secondary N) is 2. The maximum absolute atomic E-state index is 11.2. The van der Waals surface area contributed by atoms with Gasteiger partial charge in [-0.1, -0.05) is 12.6 Å². The molecule has 1 heterocycles. The fourth-order valence-corrected chi connectivity index (χ4v) is 3.13. The smallest absolute Gasteiger partial charge is 0.221 e. The Kier molecular flexibility index (Phi) is 5.88. The van der Waals surface area contributed by atoms with E-state index in [0.29, 0.717) is 6.61 Å². The predicted molar refractivity (Wildman–Crippen MR) is 112 cm³/mol. The van der Waals surface area contributed by atoms with Crippen molar-refractivity contribution in [1.82, 2.24) is 4.98 Å². The van der Waals surface area contributed by atoms with Gasteiger partial charge in [0.25, 0.3) is 0 Å². The Balaban J connectivity index is 1.68. The lowest BCUT2D eigenvalue weighted by atomic mass is 10.2. The highest BCUT2D eigenvalue weighted by molar-refractivity contribution is 7.14. The van der Waals surface area contributed by atoms with Crippen molar-refractivity contribution >= 4 is 33.8 Å². The van der Waals surface area contributed by atoms with Crippen LogP contribution >= 0.6 is 11.3 Å². The van der Waals surface area contributed by atoms with Crippen molar-refractivity contribution in [2.45, 2.75) is 13.8 Å². The Morgan fingerprint density at radius 1 is 1.15 bits per heavy atom. The summed E-state index contributed by atoms with van der Waals surface area (Å²) in [6, 6.07) is 15.4. The van der Waals surface area contributed by atoms with Gasteiger partial charge in [0.2, 0.25) is 5.91 Å². The van der Waals surface area contributed by atoms with E-state index in [4.69, 9.17) is 4.74 Å². The molecule has 0 aliphatic carbocycles. The highest BCUT2D eigenvalue weighted by Crippen LogP contribution is 2.29. The quantitative estimate of drug-likeness (QED) is 0.535. The number of aromatic nitrogens is 1. The lowest BCUT2D eigenvalue weighted by Gasteiger charge is -2.07. The largest absolute Gasteiger partial charge is 0.489 e. The molecule has 0 saturated heterocycles. The standard InChI is InChI=1S/C21H21N3O2S/c1-14(2)12-26-19-9-7-16(8-10-19)20-13-27-21(24-20)23-18-6-4-5-17(11-18)22-15(3)25/h4-11,13H,1,12H2,2-3H3,(H,22,25)(H,23,24). The number of amides is 1. The molecular weight excluding hydrogens is 358 g/mol. The van der Waals surface area contributed by atoms with Gasteiger partial charge in [-0.15, -0.1) is 11.3 Å². The first-order chi connectivity index (χ1) is 13.0. The van der Waals surface area contributed by atoms with Gasteiger partial charge in [0.1, 0.15) is 12.4 Å². The van der Waals surface area contributed by atoms with Gasteiger partial charge >= 0.3 is 0 Å². The molecule has 0 atom stereocenters. The van der Waals surface area contributed by atoms with E-state index in [1.54, 1.807) is 0 Å². The van der Waals surface area contributed by atoms with Crippen molar-refractivity contribution in [2.24, 2.45) is 0 Å². The third-order valence-corrected chi connectivity index (χ3v) is 4.33. The van der Waals surface area contributed by atoms with Crippen LogP contribution in [0.2, 0.25) is 0 Å². The van der Waals surface area contributed by atoms with Crippen LogP contribution in [0.5, 0.6) is 5.75 Å². The second-order valence-electron chi connectivity index (χ2n) is 6.20. The van der Waals surface area contributed by atoms with Crippen molar-refractivity contribution in [3.8, 4) is 17.0 Å². The number of carbonyl (C=O) groups excluding carboxylic acids is 1. The van der Waals surface area contributed by atoms with E-state index in [2.05, 4.69) is 22.2 Å². The number of hydrogen-bond donors (Lipinski definition) is 2. The van der Waals surface area contributed by atoms with Crippen LogP contribution in [0.15, 0.2) is 66.1 Å². The molecule has 2 aromatic carbocycles. The van der Waals surface area contributed by atoms with Gasteiger partial charge in [0.05, 0.1) is 5.69 Å². The Labute approximate surface area is 162 Å². The highest BCUT2D eigenvalue weighted by Gasteiger charge is 2.06. The number of nitrogens with zero attached hydrogens (tertiary/aromatic N) is 1. The first kappa shape index (κ1) is 18.7. The van der Waals surface area contributed by atoms with E-state index in [0.717, 1.165) is 39.1 Å². The van der Waals surface area contributed by atoms with E-state index in [1.807, 2.05) is 60.8 Å². The van der Waals surface area contributed by atoms with Gasteiger partial charge in [-0.2, -0.15) is 0 Å². The van der Waals surface area contributed by atoms with Crippen molar-refractivity contribution in [1.29, 1.82) is 0 Å². The first-order valence-corrected chi connectivity index (χ1v) is 9.35. The van der Waals surface area contributed by atoms with Gasteiger partial charge in [0.15, 0.2) is 5.13 Å². The molecular formula is C21H21N3O2S. The molecule has 3 aromatic rings. The van der Waals surface area contributed by atoms with Crippen molar-refractivity contribution < 1.29 is 9.53 Å². The molecule has 0 unspecified atom stereocenters. The molecule has 138 valence electrons. The SMILES string of the molecule is C=C(C)COc1ccc(-c2csc(Nc3cccc(NC(C)=O)c3)n2)cc1. The average Bonchev–Trinajstić information content (AvgIpc) is 3.08. The number of rotatable bonds is 7. The molecule has 2 N–H and O–H groups in total. The molecule has 5 nitrogen and oxygen atoms in total. The molecule has 0 saturated carbocycles. The minimum Gasteiger partial charge on any atom is -0.489 e. The number of carbonyl (C=O) groups is 1. The molecule has 0 fully saturated rings. The number of anilines is 3. The van der Waals surface area contributed by atoms with E-state index in [1.165, 1.54) is 18.3 Å². The summed E-state index contributed by atoms with van der Waals surface area (Å²) in [5.41, 5.74) is 4.51. The molecule has 27 heavy (non-hydrogen) atoms. The molecule has 0 bridgehead atoms. The Morgan fingerprint density at radius 2 is 1.89 bits per heavy atom. The zero-order valence-corrected chi connectivity index (χ0v) is 16.1. The normalized spacial score (nSPS) is 10.3. The predicted octanol–water partition coefficient (Wildman–Crippen LogP) is 5.47. The summed E-state index contributed by atoms with van der Waals surface area (Å²) in [5, 5.41) is 8.83. The summed E-state index contributed by atoms with van der Waals surface area (Å²) in [7, 11) is 0. The lowest BCUT2D eigenvalue weighted by Crippen LogP contribution is -2.05. The van der Waals surface area contributed by atoms with Gasteiger partial charge in [-0.3, -0.25) is 4.79 Å². The molecule has 0 spiro atoms. The summed E-state index contributed by atoms with van der Waals surface area (Å²) >= 11 is 1.52. The van der Waals surface area contributed by atoms with Gasteiger partial charge in [-0.25, -0.2) is 4.98 Å².